The first-order valence-electron chi connectivity index (χ1n) is 10.2. The van der Waals surface area contributed by atoms with E-state index in [4.69, 9.17) is 5.73 Å². The molecule has 0 aliphatic carbocycles. The number of anilines is 1. The first kappa shape index (κ1) is 27.6. The minimum atomic E-state index is -0.633. The summed E-state index contributed by atoms with van der Waals surface area (Å²) < 4.78 is 0. The number of nitrogen functional groups attached to an aromatic ring is 1. The van der Waals surface area contributed by atoms with E-state index in [9.17, 15) is 9.59 Å². The van der Waals surface area contributed by atoms with E-state index < -0.39 is 6.04 Å². The van der Waals surface area contributed by atoms with Crippen LogP contribution in [0, 0.1) is 6.92 Å². The number of pyridine rings is 1. The number of amides is 2. The van der Waals surface area contributed by atoms with Crippen LogP contribution >= 0.6 is 24.8 Å². The Bertz CT molecular complexity index is 884. The van der Waals surface area contributed by atoms with Crippen molar-refractivity contribution in [1.29, 1.82) is 0 Å². The average molecular weight is 483 g/mol. The van der Waals surface area contributed by atoms with E-state index in [1.807, 2.05) is 31.2 Å². The number of nitrogens with two attached hydrogens (primary N) is 1. The molecule has 1 aromatic heterocycles. The highest BCUT2D eigenvalue weighted by Crippen LogP contribution is 2.09. The van der Waals surface area contributed by atoms with Gasteiger partial charge in [-0.15, -0.1) is 24.8 Å². The van der Waals surface area contributed by atoms with E-state index in [1.165, 1.54) is 5.56 Å². The van der Waals surface area contributed by atoms with Crippen LogP contribution in [0.1, 0.15) is 23.7 Å². The maximum Gasteiger partial charge on any atom is 0.242 e. The molecule has 0 bridgehead atoms. The number of halogens is 2. The monoisotopic (exact) mass is 482 g/mol. The molecule has 176 valence electrons. The molecule has 5 N–H and O–H groups in total. The second-order valence-electron chi connectivity index (χ2n) is 7.66. The second-order valence-corrected chi connectivity index (χ2v) is 7.66. The second kappa shape index (κ2) is 13.2. The molecule has 8 nitrogen and oxygen atoms in total. The van der Waals surface area contributed by atoms with E-state index in [-0.39, 0.29) is 42.7 Å². The van der Waals surface area contributed by atoms with Crippen LogP contribution < -0.4 is 21.7 Å². The summed E-state index contributed by atoms with van der Waals surface area (Å²) in [5.74, 6) is 0.0433. The Morgan fingerprint density at radius 2 is 1.94 bits per heavy atom. The Morgan fingerprint density at radius 3 is 2.62 bits per heavy atom. The van der Waals surface area contributed by atoms with Crippen LogP contribution in [0.2, 0.25) is 0 Å². The number of piperazine rings is 1. The summed E-state index contributed by atoms with van der Waals surface area (Å²) in [4.78, 5) is 31.5. The van der Waals surface area contributed by atoms with Crippen molar-refractivity contribution in [2.75, 3.05) is 25.4 Å². The van der Waals surface area contributed by atoms with Crippen LogP contribution in [-0.4, -0.2) is 53.4 Å². The SMILES string of the molecule is Cc1nc(N)ccc1CNC(=O)C(C)NC(=O)[C@H]1CN(Cc2ccccc2)CCN1.Cl.Cl. The van der Waals surface area contributed by atoms with Crippen molar-refractivity contribution in [3.63, 3.8) is 0 Å². The zero-order chi connectivity index (χ0) is 21.5. The van der Waals surface area contributed by atoms with Crippen molar-refractivity contribution in [1.82, 2.24) is 25.8 Å². The van der Waals surface area contributed by atoms with Crippen molar-refractivity contribution in [3.05, 3.63) is 59.3 Å². The number of benzene rings is 1. The molecule has 1 fully saturated rings. The molecule has 2 aromatic rings. The standard InChI is InChI=1S/C22H30N6O2.2ClH/c1-15-18(8-9-20(23)26-15)12-25-21(29)16(2)27-22(30)19-14-28(11-10-24-19)13-17-6-4-3-5-7-17;;/h3-9,16,19,24H,10-14H2,1-2H3,(H2,23,26)(H,25,29)(H,27,30);2*1H/t16?,19-;;/m1../s1. The summed E-state index contributed by atoms with van der Waals surface area (Å²) >= 11 is 0. The van der Waals surface area contributed by atoms with Gasteiger partial charge in [0.25, 0.3) is 0 Å². The molecule has 2 atom stereocenters. The van der Waals surface area contributed by atoms with Crippen LogP contribution in [0.3, 0.4) is 0 Å². The summed E-state index contributed by atoms with van der Waals surface area (Å²) in [6.45, 7) is 6.89. The van der Waals surface area contributed by atoms with Gasteiger partial charge in [0.1, 0.15) is 11.9 Å². The van der Waals surface area contributed by atoms with E-state index in [2.05, 4.69) is 38.0 Å². The largest absolute Gasteiger partial charge is 0.384 e. The van der Waals surface area contributed by atoms with Crippen molar-refractivity contribution in [3.8, 4) is 0 Å². The number of nitrogens with zero attached hydrogens (tertiary/aromatic N) is 2. The number of hydrogen-bond donors (Lipinski definition) is 4. The van der Waals surface area contributed by atoms with Gasteiger partial charge in [-0.25, -0.2) is 4.98 Å². The molecule has 1 saturated heterocycles. The van der Waals surface area contributed by atoms with Crippen molar-refractivity contribution in [2.24, 2.45) is 0 Å². The normalized spacial score (nSPS) is 16.8. The number of aromatic nitrogens is 1. The van der Waals surface area contributed by atoms with Gasteiger partial charge in [-0.3, -0.25) is 14.5 Å². The van der Waals surface area contributed by atoms with Gasteiger partial charge in [0.15, 0.2) is 0 Å². The predicted molar refractivity (Wildman–Crippen MR) is 131 cm³/mol. The summed E-state index contributed by atoms with van der Waals surface area (Å²) in [5.41, 5.74) is 8.54. The Morgan fingerprint density at radius 1 is 1.22 bits per heavy atom. The fraction of sp³-hybridized carbons (Fsp3) is 0.409. The van der Waals surface area contributed by atoms with Crippen LogP contribution in [-0.2, 0) is 22.7 Å². The molecule has 1 unspecified atom stereocenters. The third-order valence-electron chi connectivity index (χ3n) is 5.25. The highest BCUT2D eigenvalue weighted by atomic mass is 35.5. The molecule has 2 amide bonds. The lowest BCUT2D eigenvalue weighted by Gasteiger charge is -2.33. The summed E-state index contributed by atoms with van der Waals surface area (Å²) in [6, 6.07) is 12.8. The van der Waals surface area contributed by atoms with Gasteiger partial charge in [0, 0.05) is 38.4 Å². The third kappa shape index (κ3) is 7.94. The molecule has 3 rings (SSSR count). The van der Waals surface area contributed by atoms with Crippen LogP contribution in [0.5, 0.6) is 0 Å². The molecule has 32 heavy (non-hydrogen) atoms. The van der Waals surface area contributed by atoms with Crippen LogP contribution in [0.15, 0.2) is 42.5 Å². The average Bonchev–Trinajstić information content (AvgIpc) is 2.73. The van der Waals surface area contributed by atoms with Crippen LogP contribution in [0.25, 0.3) is 0 Å². The van der Waals surface area contributed by atoms with Gasteiger partial charge in [0.05, 0.1) is 6.04 Å². The molecular formula is C22H32Cl2N6O2. The lowest BCUT2D eigenvalue weighted by atomic mass is 10.1. The molecule has 2 heterocycles. The van der Waals surface area contributed by atoms with Gasteiger partial charge in [-0.05, 0) is 31.0 Å². The summed E-state index contributed by atoms with van der Waals surface area (Å²) in [6.07, 6.45) is 0. The minimum absolute atomic E-state index is 0. The Kier molecular flexibility index (Phi) is 11.4. The molecule has 0 radical (unpaired) electrons. The molecule has 0 saturated carbocycles. The number of aryl methyl sites for hydroxylation is 1. The topological polar surface area (TPSA) is 112 Å². The molecule has 1 aromatic carbocycles. The predicted octanol–water partition coefficient (Wildman–Crippen LogP) is 1.41. The first-order valence-corrected chi connectivity index (χ1v) is 10.2. The Labute approximate surface area is 201 Å². The fourth-order valence-corrected chi connectivity index (χ4v) is 3.48. The summed E-state index contributed by atoms with van der Waals surface area (Å²) in [5, 5.41) is 8.91. The van der Waals surface area contributed by atoms with E-state index in [0.29, 0.717) is 18.9 Å². The molecule has 1 aliphatic rings. The zero-order valence-corrected chi connectivity index (χ0v) is 20.0. The zero-order valence-electron chi connectivity index (χ0n) is 18.3. The Hall–Kier alpha value is -2.39. The number of carbonyl (C=O) groups excluding carboxylic acids is 2. The number of rotatable bonds is 7. The van der Waals surface area contributed by atoms with E-state index in [1.54, 1.807) is 13.0 Å². The maximum absolute atomic E-state index is 12.7. The highest BCUT2D eigenvalue weighted by Gasteiger charge is 2.27. The van der Waals surface area contributed by atoms with Gasteiger partial charge in [-0.2, -0.15) is 0 Å². The third-order valence-corrected chi connectivity index (χ3v) is 5.25. The first-order chi connectivity index (χ1) is 14.4. The lowest BCUT2D eigenvalue weighted by molar-refractivity contribution is -0.130. The van der Waals surface area contributed by atoms with Crippen molar-refractivity contribution in [2.45, 2.75) is 39.0 Å². The van der Waals surface area contributed by atoms with Gasteiger partial charge in [0.2, 0.25) is 11.8 Å². The Balaban J connectivity index is 0.00000256. The van der Waals surface area contributed by atoms with Gasteiger partial charge < -0.3 is 21.7 Å². The fourth-order valence-electron chi connectivity index (χ4n) is 3.48. The number of carbonyl (C=O) groups is 2. The van der Waals surface area contributed by atoms with E-state index >= 15 is 0 Å². The van der Waals surface area contributed by atoms with Crippen LogP contribution in [0.4, 0.5) is 5.82 Å². The molecule has 0 spiro atoms. The number of nitrogens with one attached hydrogen (secondary N) is 3. The van der Waals surface area contributed by atoms with E-state index in [0.717, 1.165) is 30.9 Å². The lowest BCUT2D eigenvalue weighted by Crippen LogP contribution is -2.59. The molecular weight excluding hydrogens is 451 g/mol. The summed E-state index contributed by atoms with van der Waals surface area (Å²) in [7, 11) is 0. The van der Waals surface area contributed by atoms with Gasteiger partial charge in [-0.1, -0.05) is 36.4 Å². The van der Waals surface area contributed by atoms with Gasteiger partial charge >= 0.3 is 0 Å². The van der Waals surface area contributed by atoms with Crippen molar-refractivity contribution < 1.29 is 9.59 Å². The van der Waals surface area contributed by atoms with Crippen molar-refractivity contribution >= 4 is 42.4 Å². The molecule has 1 aliphatic heterocycles. The number of hydrogen-bond acceptors (Lipinski definition) is 6. The quantitative estimate of drug-likeness (QED) is 0.474. The highest BCUT2D eigenvalue weighted by molar-refractivity contribution is 5.89. The smallest absolute Gasteiger partial charge is 0.242 e. The maximum atomic E-state index is 12.7. The molecule has 10 heteroatoms. The minimum Gasteiger partial charge on any atom is -0.384 e.